The lowest BCUT2D eigenvalue weighted by molar-refractivity contribution is 0.899. The summed E-state index contributed by atoms with van der Waals surface area (Å²) in [4.78, 5) is 1.31. The van der Waals surface area contributed by atoms with E-state index >= 15 is 0 Å². The van der Waals surface area contributed by atoms with Crippen molar-refractivity contribution in [3.05, 3.63) is 60.2 Å². The van der Waals surface area contributed by atoms with E-state index in [2.05, 4.69) is 73.8 Å². The SMILES string of the molecule is CC(C)Nc1ccc(SCc2ccccc2)cc1. The van der Waals surface area contributed by atoms with E-state index in [0.29, 0.717) is 6.04 Å². The predicted molar refractivity (Wildman–Crippen MR) is 81.2 cm³/mol. The summed E-state index contributed by atoms with van der Waals surface area (Å²) in [6.45, 7) is 4.30. The van der Waals surface area contributed by atoms with Gasteiger partial charge in [0.2, 0.25) is 0 Å². The maximum Gasteiger partial charge on any atom is 0.0342 e. The van der Waals surface area contributed by atoms with E-state index in [1.54, 1.807) is 0 Å². The van der Waals surface area contributed by atoms with Crippen molar-refractivity contribution >= 4 is 17.4 Å². The lowest BCUT2D eigenvalue weighted by Gasteiger charge is -2.10. The number of anilines is 1. The zero-order valence-corrected chi connectivity index (χ0v) is 11.7. The Labute approximate surface area is 114 Å². The largest absolute Gasteiger partial charge is 0.383 e. The molecule has 2 aromatic carbocycles. The second-order valence-electron chi connectivity index (χ2n) is 4.60. The molecule has 0 heterocycles. The second kappa shape index (κ2) is 6.50. The van der Waals surface area contributed by atoms with Crippen molar-refractivity contribution in [1.82, 2.24) is 0 Å². The summed E-state index contributed by atoms with van der Waals surface area (Å²) in [5, 5.41) is 3.40. The summed E-state index contributed by atoms with van der Waals surface area (Å²) < 4.78 is 0. The zero-order chi connectivity index (χ0) is 12.8. The fraction of sp³-hybridized carbons (Fsp3) is 0.250. The fourth-order valence-electron chi connectivity index (χ4n) is 1.72. The van der Waals surface area contributed by atoms with E-state index in [1.165, 1.54) is 16.1 Å². The zero-order valence-electron chi connectivity index (χ0n) is 10.9. The molecule has 0 aliphatic heterocycles. The first-order valence-corrected chi connectivity index (χ1v) is 7.26. The predicted octanol–water partition coefficient (Wildman–Crippen LogP) is 4.80. The third-order valence-corrected chi connectivity index (χ3v) is 3.64. The van der Waals surface area contributed by atoms with Gasteiger partial charge in [0.25, 0.3) is 0 Å². The maximum atomic E-state index is 3.40. The standard InChI is InChI=1S/C16H19NS/c1-13(2)17-15-8-10-16(11-9-15)18-12-14-6-4-3-5-7-14/h3-11,13,17H,12H2,1-2H3. The van der Waals surface area contributed by atoms with Gasteiger partial charge in [-0.2, -0.15) is 0 Å². The number of nitrogens with one attached hydrogen (secondary N) is 1. The average molecular weight is 257 g/mol. The van der Waals surface area contributed by atoms with Crippen LogP contribution in [-0.4, -0.2) is 6.04 Å². The summed E-state index contributed by atoms with van der Waals surface area (Å²) in [6, 6.07) is 19.7. The summed E-state index contributed by atoms with van der Waals surface area (Å²) in [5.74, 6) is 1.03. The highest BCUT2D eigenvalue weighted by Gasteiger charge is 1.98. The van der Waals surface area contributed by atoms with Gasteiger partial charge in [0.15, 0.2) is 0 Å². The monoisotopic (exact) mass is 257 g/mol. The molecule has 0 saturated heterocycles. The van der Waals surface area contributed by atoms with Crippen molar-refractivity contribution in [3.8, 4) is 0 Å². The van der Waals surface area contributed by atoms with Crippen LogP contribution in [0.4, 0.5) is 5.69 Å². The Balaban J connectivity index is 1.90. The van der Waals surface area contributed by atoms with Gasteiger partial charge in [0, 0.05) is 22.4 Å². The van der Waals surface area contributed by atoms with Crippen molar-refractivity contribution in [1.29, 1.82) is 0 Å². The Hall–Kier alpha value is -1.41. The van der Waals surface area contributed by atoms with Gasteiger partial charge in [-0.15, -0.1) is 11.8 Å². The molecule has 0 amide bonds. The fourth-order valence-corrected chi connectivity index (χ4v) is 2.58. The average Bonchev–Trinajstić information content (AvgIpc) is 2.38. The molecule has 0 aromatic heterocycles. The first-order valence-electron chi connectivity index (χ1n) is 6.27. The highest BCUT2D eigenvalue weighted by molar-refractivity contribution is 7.98. The molecule has 0 atom stereocenters. The van der Waals surface area contributed by atoms with Gasteiger partial charge in [-0.05, 0) is 43.7 Å². The van der Waals surface area contributed by atoms with Crippen LogP contribution in [0.5, 0.6) is 0 Å². The molecule has 0 bridgehead atoms. The summed E-state index contributed by atoms with van der Waals surface area (Å²) >= 11 is 1.87. The number of thioether (sulfide) groups is 1. The third-order valence-electron chi connectivity index (χ3n) is 2.56. The number of hydrogen-bond acceptors (Lipinski definition) is 2. The van der Waals surface area contributed by atoms with Crippen LogP contribution in [0.1, 0.15) is 19.4 Å². The molecule has 0 unspecified atom stereocenters. The van der Waals surface area contributed by atoms with E-state index in [0.717, 1.165) is 5.75 Å². The summed E-state index contributed by atoms with van der Waals surface area (Å²) in [7, 11) is 0. The number of rotatable bonds is 5. The Bertz CT molecular complexity index is 462. The molecule has 2 rings (SSSR count). The third kappa shape index (κ3) is 4.11. The van der Waals surface area contributed by atoms with Crippen LogP contribution in [0.15, 0.2) is 59.5 Å². The van der Waals surface area contributed by atoms with Gasteiger partial charge in [-0.3, -0.25) is 0 Å². The molecule has 1 nitrogen and oxygen atoms in total. The van der Waals surface area contributed by atoms with Crippen LogP contribution in [-0.2, 0) is 5.75 Å². The normalized spacial score (nSPS) is 10.6. The molecule has 0 radical (unpaired) electrons. The van der Waals surface area contributed by atoms with Gasteiger partial charge in [-0.1, -0.05) is 30.3 Å². The molecule has 2 heteroatoms. The highest BCUT2D eigenvalue weighted by Crippen LogP contribution is 2.24. The Morgan fingerprint density at radius 3 is 2.22 bits per heavy atom. The van der Waals surface area contributed by atoms with Crippen molar-refractivity contribution in [3.63, 3.8) is 0 Å². The molecule has 18 heavy (non-hydrogen) atoms. The lowest BCUT2D eigenvalue weighted by atomic mass is 10.2. The molecule has 0 saturated carbocycles. The van der Waals surface area contributed by atoms with Gasteiger partial charge in [0.05, 0.1) is 0 Å². The molecule has 0 fully saturated rings. The van der Waals surface area contributed by atoms with E-state index in [-0.39, 0.29) is 0 Å². The Morgan fingerprint density at radius 1 is 0.944 bits per heavy atom. The Kier molecular flexibility index (Phi) is 4.71. The molecule has 2 aromatic rings. The maximum absolute atomic E-state index is 3.40. The van der Waals surface area contributed by atoms with E-state index in [9.17, 15) is 0 Å². The van der Waals surface area contributed by atoms with Gasteiger partial charge < -0.3 is 5.32 Å². The quantitative estimate of drug-likeness (QED) is 0.772. The highest BCUT2D eigenvalue weighted by atomic mass is 32.2. The molecule has 0 aliphatic rings. The number of hydrogen-bond donors (Lipinski definition) is 1. The van der Waals surface area contributed by atoms with Crippen LogP contribution in [0.3, 0.4) is 0 Å². The summed E-state index contributed by atoms with van der Waals surface area (Å²) in [5.41, 5.74) is 2.56. The van der Waals surface area contributed by atoms with Gasteiger partial charge in [0.1, 0.15) is 0 Å². The first-order chi connectivity index (χ1) is 8.74. The van der Waals surface area contributed by atoms with E-state index < -0.39 is 0 Å². The van der Waals surface area contributed by atoms with Crippen LogP contribution in [0, 0.1) is 0 Å². The number of benzene rings is 2. The lowest BCUT2D eigenvalue weighted by Crippen LogP contribution is -2.09. The van der Waals surface area contributed by atoms with Crippen molar-refractivity contribution in [2.24, 2.45) is 0 Å². The van der Waals surface area contributed by atoms with Crippen LogP contribution in [0.25, 0.3) is 0 Å². The van der Waals surface area contributed by atoms with Crippen molar-refractivity contribution < 1.29 is 0 Å². The van der Waals surface area contributed by atoms with Crippen LogP contribution in [0.2, 0.25) is 0 Å². The molecule has 94 valence electrons. The minimum Gasteiger partial charge on any atom is -0.383 e. The molecule has 1 N–H and O–H groups in total. The topological polar surface area (TPSA) is 12.0 Å². The minimum atomic E-state index is 0.479. The second-order valence-corrected chi connectivity index (χ2v) is 5.65. The summed E-state index contributed by atoms with van der Waals surface area (Å²) in [6.07, 6.45) is 0. The molecular formula is C16H19NS. The molecular weight excluding hydrogens is 238 g/mol. The van der Waals surface area contributed by atoms with Crippen molar-refractivity contribution in [2.45, 2.75) is 30.5 Å². The van der Waals surface area contributed by atoms with E-state index in [4.69, 9.17) is 0 Å². The smallest absolute Gasteiger partial charge is 0.0342 e. The van der Waals surface area contributed by atoms with Crippen LogP contribution >= 0.6 is 11.8 Å². The minimum absolute atomic E-state index is 0.479. The van der Waals surface area contributed by atoms with Crippen molar-refractivity contribution in [2.75, 3.05) is 5.32 Å². The Morgan fingerprint density at radius 2 is 1.61 bits per heavy atom. The van der Waals surface area contributed by atoms with Gasteiger partial charge >= 0.3 is 0 Å². The van der Waals surface area contributed by atoms with Gasteiger partial charge in [-0.25, -0.2) is 0 Å². The molecule has 0 aliphatic carbocycles. The van der Waals surface area contributed by atoms with E-state index in [1.807, 2.05) is 11.8 Å². The van der Waals surface area contributed by atoms with Crippen LogP contribution < -0.4 is 5.32 Å². The molecule has 0 spiro atoms. The first kappa shape index (κ1) is 13.0.